The minimum atomic E-state index is -0.509. The van der Waals surface area contributed by atoms with E-state index < -0.39 is 11.8 Å². The molecule has 0 aliphatic heterocycles. The van der Waals surface area contributed by atoms with Gasteiger partial charge in [-0.05, 0) is 67.8 Å². The topological polar surface area (TPSA) is 151 Å². The fourth-order valence-electron chi connectivity index (χ4n) is 2.75. The number of benzene rings is 1. The Balaban J connectivity index is 3.78. The number of nitrogens with zero attached hydrogens (tertiary/aromatic N) is 2. The van der Waals surface area contributed by atoms with Gasteiger partial charge in [0.1, 0.15) is 0 Å². The van der Waals surface area contributed by atoms with Crippen LogP contribution in [0.15, 0.2) is 0 Å². The molecule has 0 radical (unpaired) electrons. The summed E-state index contributed by atoms with van der Waals surface area (Å²) in [5, 5.41) is 39.9. The fraction of sp³-hybridized carbons (Fsp3) is 0.500. The van der Waals surface area contributed by atoms with Gasteiger partial charge in [-0.15, -0.1) is 0 Å². The standard InChI is InChI=1S/C18H24I3N3O7/c1-10(29)22-16-14(20)11(17(30)23(2-6-25)3-7-26)13(19)12(15(16)21)18(31)24(4-8-27)5-9-28/h25-28H,2-9H2,1H3,(H,22,29). The van der Waals surface area contributed by atoms with Crippen LogP contribution in [-0.2, 0) is 4.79 Å². The van der Waals surface area contributed by atoms with E-state index in [0.717, 1.165) is 0 Å². The van der Waals surface area contributed by atoms with Crippen molar-refractivity contribution >= 4 is 91.2 Å². The van der Waals surface area contributed by atoms with Crippen molar-refractivity contribution in [2.24, 2.45) is 0 Å². The number of aliphatic hydroxyl groups is 4. The first-order chi connectivity index (χ1) is 14.7. The van der Waals surface area contributed by atoms with E-state index in [1.54, 1.807) is 0 Å². The Morgan fingerprint density at radius 2 is 1.03 bits per heavy atom. The number of carbonyl (C=O) groups excluding carboxylic acids is 3. The summed E-state index contributed by atoms with van der Waals surface area (Å²) >= 11 is 5.73. The highest BCUT2D eigenvalue weighted by molar-refractivity contribution is 14.1. The van der Waals surface area contributed by atoms with Crippen LogP contribution in [0.5, 0.6) is 0 Å². The first-order valence-electron chi connectivity index (χ1n) is 9.16. The molecular formula is C18H24I3N3O7. The molecule has 31 heavy (non-hydrogen) atoms. The number of aliphatic hydroxyl groups excluding tert-OH is 4. The van der Waals surface area contributed by atoms with Crippen LogP contribution in [0.3, 0.4) is 0 Å². The molecular weight excluding hydrogens is 751 g/mol. The lowest BCUT2D eigenvalue weighted by atomic mass is 10.1. The zero-order valence-electron chi connectivity index (χ0n) is 16.7. The van der Waals surface area contributed by atoms with Gasteiger partial charge in [0.2, 0.25) is 5.91 Å². The molecule has 0 bridgehead atoms. The molecule has 0 heterocycles. The Labute approximate surface area is 220 Å². The number of rotatable bonds is 11. The second-order valence-corrected chi connectivity index (χ2v) is 9.46. The maximum Gasteiger partial charge on any atom is 0.256 e. The Bertz CT molecular complexity index is 756. The molecule has 0 aliphatic carbocycles. The summed E-state index contributed by atoms with van der Waals surface area (Å²) < 4.78 is 1.16. The van der Waals surface area contributed by atoms with E-state index >= 15 is 0 Å². The Morgan fingerprint density at radius 3 is 1.29 bits per heavy atom. The predicted molar refractivity (Wildman–Crippen MR) is 139 cm³/mol. The quantitative estimate of drug-likeness (QED) is 0.203. The maximum absolute atomic E-state index is 13.3. The molecule has 0 aromatic heterocycles. The normalized spacial score (nSPS) is 10.7. The third kappa shape index (κ3) is 7.32. The molecule has 0 atom stereocenters. The summed E-state index contributed by atoms with van der Waals surface area (Å²) in [4.78, 5) is 40.9. The average molecular weight is 775 g/mol. The molecule has 10 nitrogen and oxygen atoms in total. The van der Waals surface area contributed by atoms with Gasteiger partial charge in [-0.25, -0.2) is 0 Å². The molecule has 174 valence electrons. The van der Waals surface area contributed by atoms with E-state index in [2.05, 4.69) is 5.32 Å². The number of nitrogens with one attached hydrogen (secondary N) is 1. The molecule has 1 rings (SSSR count). The first-order valence-corrected chi connectivity index (χ1v) is 12.4. The van der Waals surface area contributed by atoms with Gasteiger partial charge in [-0.2, -0.15) is 0 Å². The summed E-state index contributed by atoms with van der Waals surface area (Å²) in [7, 11) is 0. The lowest BCUT2D eigenvalue weighted by molar-refractivity contribution is -0.114. The fourth-order valence-corrected chi connectivity index (χ4v) is 7.11. The summed E-state index contributed by atoms with van der Waals surface area (Å²) in [6, 6.07) is 0. The number of carbonyl (C=O) groups is 3. The van der Waals surface area contributed by atoms with Gasteiger partial charge >= 0.3 is 0 Å². The zero-order valence-corrected chi connectivity index (χ0v) is 23.2. The molecule has 0 spiro atoms. The van der Waals surface area contributed by atoms with Gasteiger partial charge in [0.05, 0.1) is 50.4 Å². The SMILES string of the molecule is CC(=O)Nc1c(I)c(C(=O)N(CCO)CCO)c(I)c(C(=O)N(CCO)CCO)c1I. The van der Waals surface area contributed by atoms with Crippen LogP contribution in [0, 0.1) is 10.7 Å². The van der Waals surface area contributed by atoms with E-state index in [0.29, 0.717) is 16.4 Å². The first kappa shape index (κ1) is 28.7. The summed E-state index contributed by atoms with van der Waals surface area (Å²) in [6.07, 6.45) is 0. The van der Waals surface area contributed by atoms with Crippen molar-refractivity contribution in [1.29, 1.82) is 0 Å². The van der Waals surface area contributed by atoms with Gasteiger partial charge in [0.25, 0.3) is 11.8 Å². The Kier molecular flexibility index (Phi) is 13.0. The average Bonchev–Trinajstić information content (AvgIpc) is 2.70. The highest BCUT2D eigenvalue weighted by Gasteiger charge is 2.31. The van der Waals surface area contributed by atoms with Crippen molar-refractivity contribution in [3.05, 3.63) is 21.8 Å². The molecule has 0 aliphatic rings. The predicted octanol–water partition coefficient (Wildman–Crippen LogP) is 0.312. The van der Waals surface area contributed by atoms with Crippen LogP contribution >= 0.6 is 67.8 Å². The van der Waals surface area contributed by atoms with Gasteiger partial charge < -0.3 is 35.5 Å². The van der Waals surface area contributed by atoms with Crippen molar-refractivity contribution in [1.82, 2.24) is 9.80 Å². The number of amides is 3. The summed E-state index contributed by atoms with van der Waals surface area (Å²) in [6.45, 7) is -0.00390. The second kappa shape index (κ2) is 14.0. The minimum Gasteiger partial charge on any atom is -0.395 e. The van der Waals surface area contributed by atoms with Gasteiger partial charge in [-0.1, -0.05) is 0 Å². The molecule has 3 amide bonds. The maximum atomic E-state index is 13.3. The molecule has 0 saturated carbocycles. The second-order valence-electron chi connectivity index (χ2n) is 6.23. The minimum absolute atomic E-state index is 0.0164. The van der Waals surface area contributed by atoms with Gasteiger partial charge in [-0.3, -0.25) is 14.4 Å². The molecule has 1 aromatic rings. The highest BCUT2D eigenvalue weighted by atomic mass is 127. The largest absolute Gasteiger partial charge is 0.395 e. The van der Waals surface area contributed by atoms with Gasteiger partial charge in [0.15, 0.2) is 0 Å². The van der Waals surface area contributed by atoms with E-state index in [4.69, 9.17) is 0 Å². The van der Waals surface area contributed by atoms with Crippen LogP contribution in [0.25, 0.3) is 0 Å². The molecule has 1 aromatic carbocycles. The lowest BCUT2D eigenvalue weighted by Gasteiger charge is -2.27. The number of anilines is 1. The van der Waals surface area contributed by atoms with Crippen LogP contribution in [-0.4, -0.2) is 101 Å². The van der Waals surface area contributed by atoms with Crippen molar-refractivity contribution in [2.75, 3.05) is 57.9 Å². The number of hydrogen-bond donors (Lipinski definition) is 5. The van der Waals surface area contributed by atoms with Gasteiger partial charge in [0, 0.05) is 36.7 Å². The van der Waals surface area contributed by atoms with Crippen LogP contribution in [0.4, 0.5) is 5.69 Å². The zero-order chi connectivity index (χ0) is 23.7. The van der Waals surface area contributed by atoms with Crippen LogP contribution in [0.1, 0.15) is 27.6 Å². The summed E-state index contributed by atoms with van der Waals surface area (Å²) in [5.74, 6) is -1.41. The van der Waals surface area contributed by atoms with Crippen LogP contribution in [0.2, 0.25) is 0 Å². The van der Waals surface area contributed by atoms with E-state index in [1.165, 1.54) is 16.7 Å². The van der Waals surface area contributed by atoms with E-state index in [-0.39, 0.29) is 69.6 Å². The third-order valence-corrected chi connectivity index (χ3v) is 7.34. The molecule has 5 N–H and O–H groups in total. The Hall–Kier alpha value is -0.340. The Morgan fingerprint density at radius 1 is 0.710 bits per heavy atom. The van der Waals surface area contributed by atoms with Crippen LogP contribution < -0.4 is 5.32 Å². The molecule has 13 heteroatoms. The van der Waals surface area contributed by atoms with Crippen molar-refractivity contribution < 1.29 is 34.8 Å². The number of halogens is 3. The smallest absolute Gasteiger partial charge is 0.256 e. The molecule has 0 fully saturated rings. The number of hydrogen-bond acceptors (Lipinski definition) is 7. The van der Waals surface area contributed by atoms with E-state index in [9.17, 15) is 34.8 Å². The summed E-state index contributed by atoms with van der Waals surface area (Å²) in [5.41, 5.74) is 0.605. The molecule has 0 unspecified atom stereocenters. The lowest BCUT2D eigenvalue weighted by Crippen LogP contribution is -2.39. The van der Waals surface area contributed by atoms with Crippen molar-refractivity contribution in [3.63, 3.8) is 0 Å². The highest BCUT2D eigenvalue weighted by Crippen LogP contribution is 2.37. The molecule has 0 saturated heterocycles. The third-order valence-electron chi connectivity index (χ3n) is 4.10. The van der Waals surface area contributed by atoms with Crippen molar-refractivity contribution in [3.8, 4) is 0 Å². The van der Waals surface area contributed by atoms with E-state index in [1.807, 2.05) is 67.8 Å². The van der Waals surface area contributed by atoms with Crippen molar-refractivity contribution in [2.45, 2.75) is 6.92 Å². The monoisotopic (exact) mass is 775 g/mol.